The molecular weight excluding hydrogens is 298 g/mol. The largest absolute Gasteiger partial charge is 0.371 e. The normalized spacial score (nSPS) is 15.7. The number of nitrogens with one attached hydrogen (secondary N) is 1. The first-order valence-electron chi connectivity index (χ1n) is 8.97. The van der Waals surface area contributed by atoms with Gasteiger partial charge in [-0.05, 0) is 43.7 Å². The van der Waals surface area contributed by atoms with Crippen LogP contribution in [0.25, 0.3) is 10.9 Å². The van der Waals surface area contributed by atoms with Crippen LogP contribution >= 0.6 is 0 Å². The highest BCUT2D eigenvalue weighted by atomic mass is 16.1. The standard InChI is InChI=1S/C20H27N3O/c1-4-16-14(2)22-18-8-6-5-7-17(18)20(16)23-11-9-15(10-12-23)13-19(24)21-3/h5-8,15H,4,9-13H2,1-3H3,(H,21,24). The highest BCUT2D eigenvalue weighted by Gasteiger charge is 2.24. The van der Waals surface area contributed by atoms with Crippen LogP contribution in [-0.4, -0.2) is 31.0 Å². The van der Waals surface area contributed by atoms with Crippen LogP contribution in [0.5, 0.6) is 0 Å². The molecule has 24 heavy (non-hydrogen) atoms. The number of pyridine rings is 1. The fraction of sp³-hybridized carbons (Fsp3) is 0.500. The number of aryl methyl sites for hydroxylation is 1. The minimum absolute atomic E-state index is 0.160. The Hall–Kier alpha value is -2.10. The van der Waals surface area contributed by atoms with Crippen molar-refractivity contribution in [2.45, 2.75) is 39.5 Å². The average Bonchev–Trinajstić information content (AvgIpc) is 2.61. The van der Waals surface area contributed by atoms with Crippen LogP contribution < -0.4 is 10.2 Å². The van der Waals surface area contributed by atoms with Crippen LogP contribution in [0.3, 0.4) is 0 Å². The summed E-state index contributed by atoms with van der Waals surface area (Å²) in [6, 6.07) is 8.44. The van der Waals surface area contributed by atoms with E-state index in [2.05, 4.69) is 48.3 Å². The number of para-hydroxylation sites is 1. The van der Waals surface area contributed by atoms with Crippen LogP contribution in [0.2, 0.25) is 0 Å². The third kappa shape index (κ3) is 3.23. The summed E-state index contributed by atoms with van der Waals surface area (Å²) in [5.74, 6) is 0.661. The lowest BCUT2D eigenvalue weighted by Gasteiger charge is -2.35. The molecule has 2 heterocycles. The average molecular weight is 325 g/mol. The van der Waals surface area contributed by atoms with E-state index in [1.54, 1.807) is 7.05 Å². The van der Waals surface area contributed by atoms with Crippen molar-refractivity contribution in [3.63, 3.8) is 0 Å². The Morgan fingerprint density at radius 1 is 1.29 bits per heavy atom. The molecule has 1 saturated heterocycles. The van der Waals surface area contributed by atoms with Crippen LogP contribution in [-0.2, 0) is 11.2 Å². The number of hydrogen-bond donors (Lipinski definition) is 1. The topological polar surface area (TPSA) is 45.2 Å². The zero-order valence-corrected chi connectivity index (χ0v) is 14.9. The molecule has 1 fully saturated rings. The van der Waals surface area contributed by atoms with Gasteiger partial charge in [-0.1, -0.05) is 25.1 Å². The zero-order valence-electron chi connectivity index (χ0n) is 14.9. The molecule has 3 rings (SSSR count). The Kier molecular flexibility index (Phi) is 5.03. The molecule has 4 nitrogen and oxygen atoms in total. The molecule has 1 aliphatic heterocycles. The van der Waals surface area contributed by atoms with Gasteiger partial charge in [0.1, 0.15) is 0 Å². The third-order valence-corrected chi connectivity index (χ3v) is 5.21. The Bertz CT molecular complexity index is 733. The second-order valence-corrected chi connectivity index (χ2v) is 6.70. The van der Waals surface area contributed by atoms with E-state index in [4.69, 9.17) is 4.98 Å². The van der Waals surface area contributed by atoms with Gasteiger partial charge in [-0.2, -0.15) is 0 Å². The number of rotatable bonds is 4. The van der Waals surface area contributed by atoms with E-state index in [1.165, 1.54) is 16.6 Å². The number of hydrogen-bond acceptors (Lipinski definition) is 3. The lowest BCUT2D eigenvalue weighted by atomic mass is 9.91. The molecule has 128 valence electrons. The van der Waals surface area contributed by atoms with Crippen LogP contribution in [0.1, 0.15) is 37.4 Å². The highest BCUT2D eigenvalue weighted by molar-refractivity contribution is 5.94. The lowest BCUT2D eigenvalue weighted by Crippen LogP contribution is -2.36. The maximum atomic E-state index is 11.6. The van der Waals surface area contributed by atoms with Gasteiger partial charge >= 0.3 is 0 Å². The van der Waals surface area contributed by atoms with Gasteiger partial charge in [-0.25, -0.2) is 0 Å². The number of piperidine rings is 1. The van der Waals surface area contributed by atoms with Gasteiger partial charge in [-0.3, -0.25) is 9.78 Å². The molecule has 1 aliphatic rings. The number of aromatic nitrogens is 1. The summed E-state index contributed by atoms with van der Waals surface area (Å²) in [6.07, 6.45) is 3.80. The van der Waals surface area contributed by atoms with Crippen molar-refractivity contribution in [2.75, 3.05) is 25.0 Å². The van der Waals surface area contributed by atoms with E-state index in [1.807, 2.05) is 0 Å². The number of nitrogens with zero attached hydrogens (tertiary/aromatic N) is 2. The van der Waals surface area contributed by atoms with Crippen molar-refractivity contribution >= 4 is 22.5 Å². The quantitative estimate of drug-likeness (QED) is 0.936. The molecule has 1 aromatic heterocycles. The third-order valence-electron chi connectivity index (χ3n) is 5.21. The summed E-state index contributed by atoms with van der Waals surface area (Å²) in [6.45, 7) is 6.36. The molecule has 1 aromatic carbocycles. The summed E-state index contributed by atoms with van der Waals surface area (Å²) in [7, 11) is 1.72. The zero-order chi connectivity index (χ0) is 17.1. The van der Waals surface area contributed by atoms with Crippen molar-refractivity contribution in [1.82, 2.24) is 10.3 Å². The summed E-state index contributed by atoms with van der Waals surface area (Å²) >= 11 is 0. The van der Waals surface area contributed by atoms with Crippen molar-refractivity contribution in [3.05, 3.63) is 35.5 Å². The molecule has 0 radical (unpaired) electrons. The number of benzene rings is 1. The number of fused-ring (bicyclic) bond motifs is 1. The van der Waals surface area contributed by atoms with Gasteiger partial charge in [0.05, 0.1) is 11.2 Å². The van der Waals surface area contributed by atoms with E-state index in [0.717, 1.165) is 43.6 Å². The van der Waals surface area contributed by atoms with E-state index in [0.29, 0.717) is 12.3 Å². The second-order valence-electron chi connectivity index (χ2n) is 6.70. The van der Waals surface area contributed by atoms with E-state index in [9.17, 15) is 4.79 Å². The van der Waals surface area contributed by atoms with Crippen molar-refractivity contribution in [1.29, 1.82) is 0 Å². The molecule has 4 heteroatoms. The summed E-state index contributed by atoms with van der Waals surface area (Å²) in [5.41, 5.74) is 4.94. The summed E-state index contributed by atoms with van der Waals surface area (Å²) in [4.78, 5) is 18.9. The fourth-order valence-electron chi connectivity index (χ4n) is 3.86. The second kappa shape index (κ2) is 7.20. The molecule has 0 atom stereocenters. The van der Waals surface area contributed by atoms with E-state index < -0.39 is 0 Å². The molecule has 0 bridgehead atoms. The molecule has 1 amide bonds. The first-order chi connectivity index (χ1) is 11.6. The molecule has 2 aromatic rings. The Labute approximate surface area is 144 Å². The van der Waals surface area contributed by atoms with Crippen molar-refractivity contribution in [2.24, 2.45) is 5.92 Å². The summed E-state index contributed by atoms with van der Waals surface area (Å²) < 4.78 is 0. The predicted octanol–water partition coefficient (Wildman–Crippen LogP) is 3.46. The smallest absolute Gasteiger partial charge is 0.220 e. The fourth-order valence-corrected chi connectivity index (χ4v) is 3.86. The Morgan fingerprint density at radius 3 is 2.67 bits per heavy atom. The van der Waals surface area contributed by atoms with Gasteiger partial charge in [0.15, 0.2) is 0 Å². The van der Waals surface area contributed by atoms with Gasteiger partial charge in [0, 0.05) is 37.6 Å². The van der Waals surface area contributed by atoms with Crippen LogP contribution in [0, 0.1) is 12.8 Å². The number of amides is 1. The predicted molar refractivity (Wildman–Crippen MR) is 99.5 cm³/mol. The maximum Gasteiger partial charge on any atom is 0.220 e. The van der Waals surface area contributed by atoms with Gasteiger partial charge in [0.25, 0.3) is 0 Å². The monoisotopic (exact) mass is 325 g/mol. The van der Waals surface area contributed by atoms with Crippen molar-refractivity contribution < 1.29 is 4.79 Å². The van der Waals surface area contributed by atoms with E-state index in [-0.39, 0.29) is 5.91 Å². The minimum atomic E-state index is 0.160. The van der Waals surface area contributed by atoms with Crippen molar-refractivity contribution in [3.8, 4) is 0 Å². The van der Waals surface area contributed by atoms with Crippen LogP contribution in [0.4, 0.5) is 5.69 Å². The van der Waals surface area contributed by atoms with Gasteiger partial charge < -0.3 is 10.2 Å². The molecule has 0 aliphatic carbocycles. The molecule has 0 unspecified atom stereocenters. The molecule has 0 saturated carbocycles. The number of carbonyl (C=O) groups is 1. The van der Waals surface area contributed by atoms with E-state index >= 15 is 0 Å². The first-order valence-corrected chi connectivity index (χ1v) is 8.97. The highest BCUT2D eigenvalue weighted by Crippen LogP contribution is 2.35. The van der Waals surface area contributed by atoms with Crippen LogP contribution in [0.15, 0.2) is 24.3 Å². The molecule has 1 N–H and O–H groups in total. The lowest BCUT2D eigenvalue weighted by molar-refractivity contribution is -0.121. The van der Waals surface area contributed by atoms with Gasteiger partial charge in [-0.15, -0.1) is 0 Å². The maximum absolute atomic E-state index is 11.6. The Morgan fingerprint density at radius 2 is 2.00 bits per heavy atom. The number of carbonyl (C=O) groups excluding carboxylic acids is 1. The number of anilines is 1. The Balaban J connectivity index is 1.89. The SMILES string of the molecule is CCc1c(C)nc2ccccc2c1N1CCC(CC(=O)NC)CC1. The summed E-state index contributed by atoms with van der Waals surface area (Å²) in [5, 5.41) is 4.00. The minimum Gasteiger partial charge on any atom is -0.371 e. The molecular formula is C20H27N3O. The first kappa shape index (κ1) is 16.7. The molecule has 0 spiro atoms. The van der Waals surface area contributed by atoms with Gasteiger partial charge in [0.2, 0.25) is 5.91 Å².